The molecule has 0 saturated heterocycles. The number of carbonyl (C=O) groups is 1. The molecule has 8 nitrogen and oxygen atoms in total. The van der Waals surface area contributed by atoms with Crippen molar-refractivity contribution in [3.05, 3.63) is 54.1 Å². The molecule has 2 aliphatic rings. The smallest absolute Gasteiger partial charge is 0.290 e. The third-order valence-electron chi connectivity index (χ3n) is 7.24. The Morgan fingerprint density at radius 3 is 2.53 bits per heavy atom. The number of hydrazone groups is 1. The summed E-state index contributed by atoms with van der Waals surface area (Å²) in [5, 5.41) is 30.9. The van der Waals surface area contributed by atoms with E-state index in [2.05, 4.69) is 52.3 Å². The molecule has 0 bridgehead atoms. The number of phenolic OH excluding ortho intramolecular Hbond substituents is 1. The van der Waals surface area contributed by atoms with E-state index in [9.17, 15) is 5.11 Å². The Bertz CT molecular complexity index is 1270. The molecule has 2 saturated carbocycles. The second kappa shape index (κ2) is 10.8. The van der Waals surface area contributed by atoms with Gasteiger partial charge in [0.15, 0.2) is 0 Å². The van der Waals surface area contributed by atoms with E-state index in [0.717, 1.165) is 36.0 Å². The van der Waals surface area contributed by atoms with Gasteiger partial charge in [-0.1, -0.05) is 38.1 Å². The molecule has 188 valence electrons. The van der Waals surface area contributed by atoms with E-state index in [0.29, 0.717) is 34.4 Å². The molecular weight excluding hydrogens is 454 g/mol. The molecule has 1 heterocycles. The van der Waals surface area contributed by atoms with Crippen molar-refractivity contribution in [1.29, 1.82) is 0 Å². The first-order valence-corrected chi connectivity index (χ1v) is 12.3. The molecular formula is C28H33N5O3. The van der Waals surface area contributed by atoms with Crippen molar-refractivity contribution in [1.82, 2.24) is 10.2 Å². The van der Waals surface area contributed by atoms with Crippen LogP contribution in [-0.4, -0.2) is 45.4 Å². The fraction of sp³-hybridized carbons (Fsp3) is 0.393. The van der Waals surface area contributed by atoms with Crippen molar-refractivity contribution in [2.45, 2.75) is 45.4 Å². The topological polar surface area (TPSA) is 134 Å². The molecule has 3 aromatic rings. The van der Waals surface area contributed by atoms with Gasteiger partial charge in [0.2, 0.25) is 0 Å². The predicted octanol–water partition coefficient (Wildman–Crippen LogP) is 5.02. The van der Waals surface area contributed by atoms with Crippen LogP contribution in [0, 0.1) is 17.3 Å². The summed E-state index contributed by atoms with van der Waals surface area (Å²) in [5.41, 5.74) is 5.01. The van der Waals surface area contributed by atoms with E-state index in [1.807, 2.05) is 24.4 Å². The maximum absolute atomic E-state index is 10.1. The highest BCUT2D eigenvalue weighted by atomic mass is 16.3. The molecule has 4 N–H and O–H groups in total. The summed E-state index contributed by atoms with van der Waals surface area (Å²) in [6.07, 6.45) is 6.62. The lowest BCUT2D eigenvalue weighted by Gasteiger charge is -2.58. The highest BCUT2D eigenvalue weighted by Gasteiger charge is 2.54. The van der Waals surface area contributed by atoms with Gasteiger partial charge in [0.05, 0.1) is 16.9 Å². The zero-order valence-corrected chi connectivity index (χ0v) is 20.7. The Morgan fingerprint density at radius 2 is 1.86 bits per heavy atom. The number of hydrogen-bond donors (Lipinski definition) is 3. The number of para-hydroxylation sites is 1. The summed E-state index contributed by atoms with van der Waals surface area (Å²) < 4.78 is 0. The average molecular weight is 488 g/mol. The molecule has 1 aromatic heterocycles. The fourth-order valence-corrected chi connectivity index (χ4v) is 5.48. The molecule has 0 atom stereocenters. The van der Waals surface area contributed by atoms with Gasteiger partial charge in [0, 0.05) is 29.6 Å². The number of nitrogens with two attached hydrogens (primary N) is 1. The van der Waals surface area contributed by atoms with E-state index in [1.165, 1.54) is 18.4 Å². The summed E-state index contributed by atoms with van der Waals surface area (Å²) >= 11 is 0. The van der Waals surface area contributed by atoms with Gasteiger partial charge >= 0.3 is 0 Å². The van der Waals surface area contributed by atoms with Gasteiger partial charge in [-0.2, -0.15) is 5.10 Å². The number of hydrogen-bond acceptors (Lipinski definition) is 7. The molecule has 2 fully saturated rings. The van der Waals surface area contributed by atoms with Crippen molar-refractivity contribution < 1.29 is 15.0 Å². The molecule has 0 radical (unpaired) electrons. The molecule has 8 heteroatoms. The van der Waals surface area contributed by atoms with Crippen LogP contribution < -0.4 is 5.84 Å². The minimum Gasteiger partial charge on any atom is -0.507 e. The average Bonchev–Trinajstić information content (AvgIpc) is 2.81. The summed E-state index contributed by atoms with van der Waals surface area (Å²) in [7, 11) is 0. The normalized spacial score (nSPS) is 23.2. The number of aromatic hydroxyl groups is 1. The Balaban J connectivity index is 0.000000967. The minimum atomic E-state index is -0.250. The highest BCUT2D eigenvalue weighted by Crippen LogP contribution is 2.64. The summed E-state index contributed by atoms with van der Waals surface area (Å²) in [4.78, 5) is 12.9. The van der Waals surface area contributed by atoms with Crippen LogP contribution in [0.1, 0.15) is 51.0 Å². The maximum atomic E-state index is 10.1. The second-order valence-corrected chi connectivity index (χ2v) is 10.3. The van der Waals surface area contributed by atoms with E-state index in [4.69, 9.17) is 15.7 Å². The summed E-state index contributed by atoms with van der Waals surface area (Å²) in [5.74, 6) is 7.43. The Morgan fingerprint density at radius 1 is 1.14 bits per heavy atom. The Hall–Kier alpha value is -3.81. The number of benzene rings is 2. The first-order chi connectivity index (χ1) is 17.4. The first kappa shape index (κ1) is 25.3. The van der Waals surface area contributed by atoms with Gasteiger partial charge in [0.1, 0.15) is 5.75 Å². The number of aromatic nitrogens is 2. The number of aliphatic imine (C=N–C) groups is 1. The maximum Gasteiger partial charge on any atom is 0.290 e. The lowest BCUT2D eigenvalue weighted by Crippen LogP contribution is -2.49. The number of phenols is 1. The van der Waals surface area contributed by atoms with Crippen LogP contribution in [0.15, 0.2) is 58.6 Å². The van der Waals surface area contributed by atoms with Crippen LogP contribution in [0.5, 0.6) is 5.75 Å². The van der Waals surface area contributed by atoms with E-state index < -0.39 is 0 Å². The quantitative estimate of drug-likeness (QED) is 0.193. The predicted molar refractivity (Wildman–Crippen MR) is 142 cm³/mol. The monoisotopic (exact) mass is 487 g/mol. The number of nitrogens with zero attached hydrogens (tertiary/aromatic N) is 4. The lowest BCUT2D eigenvalue weighted by atomic mass is 9.46. The van der Waals surface area contributed by atoms with Crippen LogP contribution in [-0.2, 0) is 4.79 Å². The van der Waals surface area contributed by atoms with Crippen molar-refractivity contribution in [3.63, 3.8) is 0 Å². The summed E-state index contributed by atoms with van der Waals surface area (Å²) in [6, 6.07) is 15.7. The van der Waals surface area contributed by atoms with Crippen LogP contribution in [0.2, 0.25) is 0 Å². The van der Waals surface area contributed by atoms with Gasteiger partial charge in [-0.3, -0.25) is 9.79 Å². The number of carboxylic acid groups (broad SMARTS) is 1. The molecule has 1 spiro atoms. The molecule has 0 amide bonds. The number of fused-ring (bicyclic) bond motifs is 1. The zero-order valence-electron chi connectivity index (χ0n) is 20.7. The molecule has 0 aliphatic heterocycles. The van der Waals surface area contributed by atoms with E-state index in [1.54, 1.807) is 12.1 Å². The number of rotatable bonds is 6. The highest BCUT2D eigenvalue weighted by molar-refractivity contribution is 6.31. The standard InChI is InChI=1S/C27H31N5O.CH2O2/c1-17(2)15-29-16-25(30-28)21-13-27(14-21)11-20(12-27)18-7-8-19-10-24(32-31-23(19)9-18)22-5-3-4-6-26(22)33;2-1-3/h3-10,16-17,20-21,33H,11-15,28H2,1-2H3;1H,(H,2,3)/b29-16?,30-25+;. The second-order valence-electron chi connectivity index (χ2n) is 10.3. The molecule has 2 aromatic carbocycles. The third kappa shape index (κ3) is 5.37. The third-order valence-corrected chi connectivity index (χ3v) is 7.24. The molecule has 0 unspecified atom stereocenters. The largest absolute Gasteiger partial charge is 0.507 e. The molecule has 36 heavy (non-hydrogen) atoms. The van der Waals surface area contributed by atoms with Gasteiger partial charge in [-0.15, -0.1) is 10.2 Å². The Labute approximate surface area is 211 Å². The van der Waals surface area contributed by atoms with E-state index >= 15 is 0 Å². The summed E-state index contributed by atoms with van der Waals surface area (Å²) in [6.45, 7) is 4.89. The van der Waals surface area contributed by atoms with Crippen LogP contribution in [0.4, 0.5) is 0 Å². The Kier molecular flexibility index (Phi) is 7.62. The fourth-order valence-electron chi connectivity index (χ4n) is 5.48. The lowest BCUT2D eigenvalue weighted by molar-refractivity contribution is -0.122. The molecule has 2 aliphatic carbocycles. The molecule has 5 rings (SSSR count). The van der Waals surface area contributed by atoms with Crippen LogP contribution in [0.3, 0.4) is 0 Å². The van der Waals surface area contributed by atoms with Crippen LogP contribution in [0.25, 0.3) is 22.2 Å². The minimum absolute atomic E-state index is 0.218. The van der Waals surface area contributed by atoms with Gasteiger partial charge in [-0.25, -0.2) is 0 Å². The van der Waals surface area contributed by atoms with Crippen molar-refractivity contribution in [2.24, 2.45) is 33.2 Å². The van der Waals surface area contributed by atoms with Crippen molar-refractivity contribution in [3.8, 4) is 17.0 Å². The SMILES string of the molecule is CC(C)CN=C/C(=N\N)C1CC2(C1)CC(c1ccc3cc(-c4ccccc4O)nnc3c1)C2.O=CO. The van der Waals surface area contributed by atoms with Crippen molar-refractivity contribution >= 4 is 29.3 Å². The van der Waals surface area contributed by atoms with Gasteiger partial charge < -0.3 is 16.1 Å². The zero-order chi connectivity index (χ0) is 25.7. The van der Waals surface area contributed by atoms with Crippen LogP contribution >= 0.6 is 0 Å². The van der Waals surface area contributed by atoms with Gasteiger partial charge in [0.25, 0.3) is 6.47 Å². The van der Waals surface area contributed by atoms with E-state index in [-0.39, 0.29) is 12.2 Å². The van der Waals surface area contributed by atoms with Crippen molar-refractivity contribution in [2.75, 3.05) is 6.54 Å². The first-order valence-electron chi connectivity index (χ1n) is 12.3. The van der Waals surface area contributed by atoms with Gasteiger partial charge in [-0.05, 0) is 72.8 Å².